The lowest BCUT2D eigenvalue weighted by atomic mass is 10.0. The zero-order chi connectivity index (χ0) is 13.0. The van der Waals surface area contributed by atoms with Crippen molar-refractivity contribution in [3.63, 3.8) is 0 Å². The van der Waals surface area contributed by atoms with Gasteiger partial charge in [0, 0.05) is 0 Å². The fourth-order valence-corrected chi connectivity index (χ4v) is 2.05. The molecule has 94 valence electrons. The van der Waals surface area contributed by atoms with E-state index >= 15 is 0 Å². The van der Waals surface area contributed by atoms with Gasteiger partial charge in [-0.2, -0.15) is 0 Å². The van der Waals surface area contributed by atoms with Crippen molar-refractivity contribution in [2.45, 2.75) is 20.3 Å². The molecular weight excluding hydrogens is 282 g/mol. The molecule has 0 bridgehead atoms. The first kappa shape index (κ1) is 14.6. The molecule has 1 aromatic carbocycles. The molecule has 17 heavy (non-hydrogen) atoms. The average Bonchev–Trinajstić information content (AvgIpc) is 2.30. The van der Waals surface area contributed by atoms with Gasteiger partial charge in [0.25, 0.3) is 0 Å². The highest BCUT2D eigenvalue weighted by molar-refractivity contribution is 6.48. The standard InChI is InChI=1S/C12H13Cl3O2/c1-3-17-12(16)7(2)6-8-4-5-9(13)11(15)10(8)14/h4-5,7H,3,6H2,1-2H3. The van der Waals surface area contributed by atoms with Gasteiger partial charge in [0.05, 0.1) is 27.6 Å². The van der Waals surface area contributed by atoms with E-state index in [9.17, 15) is 4.79 Å². The van der Waals surface area contributed by atoms with Crippen molar-refractivity contribution in [1.82, 2.24) is 0 Å². The normalized spacial score (nSPS) is 12.3. The SMILES string of the molecule is CCOC(=O)C(C)Cc1ccc(Cl)c(Cl)c1Cl. The van der Waals surface area contributed by atoms with Crippen LogP contribution in [0.25, 0.3) is 0 Å². The van der Waals surface area contributed by atoms with Crippen LogP contribution in [0, 0.1) is 5.92 Å². The van der Waals surface area contributed by atoms with E-state index in [4.69, 9.17) is 39.5 Å². The summed E-state index contributed by atoms with van der Waals surface area (Å²) in [6.45, 7) is 3.94. The molecule has 0 aromatic heterocycles. The number of hydrogen-bond acceptors (Lipinski definition) is 2. The second-order valence-electron chi connectivity index (χ2n) is 3.69. The molecule has 0 saturated heterocycles. The van der Waals surface area contributed by atoms with Gasteiger partial charge in [0.2, 0.25) is 0 Å². The predicted octanol–water partition coefficient (Wildman–Crippen LogP) is 4.39. The number of halogens is 3. The van der Waals surface area contributed by atoms with Crippen LogP contribution >= 0.6 is 34.8 Å². The third kappa shape index (κ3) is 3.77. The van der Waals surface area contributed by atoms with Crippen molar-refractivity contribution in [2.75, 3.05) is 6.61 Å². The Morgan fingerprint density at radius 3 is 2.53 bits per heavy atom. The fraction of sp³-hybridized carbons (Fsp3) is 0.417. The maximum atomic E-state index is 11.5. The van der Waals surface area contributed by atoms with E-state index in [1.165, 1.54) is 0 Å². The van der Waals surface area contributed by atoms with E-state index in [0.717, 1.165) is 5.56 Å². The molecule has 1 unspecified atom stereocenters. The Kier molecular flexibility index (Phi) is 5.57. The summed E-state index contributed by atoms with van der Waals surface area (Å²) in [6, 6.07) is 3.44. The number of carbonyl (C=O) groups is 1. The average molecular weight is 296 g/mol. The minimum Gasteiger partial charge on any atom is -0.466 e. The van der Waals surface area contributed by atoms with Crippen LogP contribution in [0.2, 0.25) is 15.1 Å². The molecule has 0 aliphatic carbocycles. The largest absolute Gasteiger partial charge is 0.466 e. The van der Waals surface area contributed by atoms with Crippen molar-refractivity contribution in [3.8, 4) is 0 Å². The maximum Gasteiger partial charge on any atom is 0.308 e. The summed E-state index contributed by atoms with van der Waals surface area (Å²) < 4.78 is 4.93. The third-order valence-corrected chi connectivity index (χ3v) is 3.66. The summed E-state index contributed by atoms with van der Waals surface area (Å²) in [6.07, 6.45) is 0.481. The van der Waals surface area contributed by atoms with Gasteiger partial charge in [-0.1, -0.05) is 47.8 Å². The Morgan fingerprint density at radius 2 is 1.94 bits per heavy atom. The molecule has 0 amide bonds. The Labute approximate surface area is 116 Å². The van der Waals surface area contributed by atoms with Crippen molar-refractivity contribution >= 4 is 40.8 Å². The van der Waals surface area contributed by atoms with Gasteiger partial charge < -0.3 is 4.74 Å². The lowest BCUT2D eigenvalue weighted by Gasteiger charge is -2.12. The highest BCUT2D eigenvalue weighted by Gasteiger charge is 2.17. The number of esters is 1. The Bertz CT molecular complexity index is 418. The molecule has 0 saturated carbocycles. The smallest absolute Gasteiger partial charge is 0.308 e. The number of ether oxygens (including phenoxy) is 1. The number of hydrogen-bond donors (Lipinski definition) is 0. The van der Waals surface area contributed by atoms with Crippen LogP contribution in [-0.2, 0) is 16.0 Å². The molecule has 0 N–H and O–H groups in total. The Morgan fingerprint density at radius 1 is 1.29 bits per heavy atom. The second kappa shape index (κ2) is 6.48. The first-order valence-corrected chi connectivity index (χ1v) is 6.39. The first-order valence-electron chi connectivity index (χ1n) is 5.26. The van der Waals surface area contributed by atoms with E-state index in [2.05, 4.69) is 0 Å². The van der Waals surface area contributed by atoms with Gasteiger partial charge >= 0.3 is 5.97 Å². The van der Waals surface area contributed by atoms with Crippen LogP contribution in [0.1, 0.15) is 19.4 Å². The molecule has 1 atom stereocenters. The Hall–Kier alpha value is -0.440. The maximum absolute atomic E-state index is 11.5. The molecule has 1 aromatic rings. The number of benzene rings is 1. The summed E-state index contributed by atoms with van der Waals surface area (Å²) >= 11 is 17.8. The molecule has 5 heteroatoms. The molecule has 0 spiro atoms. The zero-order valence-corrected chi connectivity index (χ0v) is 11.9. The molecule has 0 heterocycles. The summed E-state index contributed by atoms with van der Waals surface area (Å²) in [4.78, 5) is 11.5. The molecule has 1 rings (SSSR count). The number of carbonyl (C=O) groups excluding carboxylic acids is 1. The second-order valence-corrected chi connectivity index (χ2v) is 4.85. The lowest BCUT2D eigenvalue weighted by Crippen LogP contribution is -2.17. The van der Waals surface area contributed by atoms with Crippen LogP contribution in [-0.4, -0.2) is 12.6 Å². The zero-order valence-electron chi connectivity index (χ0n) is 9.60. The highest BCUT2D eigenvalue weighted by Crippen LogP contribution is 2.33. The third-order valence-electron chi connectivity index (χ3n) is 2.33. The van der Waals surface area contributed by atoms with Crippen molar-refractivity contribution in [1.29, 1.82) is 0 Å². The molecule has 2 nitrogen and oxygen atoms in total. The minimum absolute atomic E-state index is 0.241. The summed E-state index contributed by atoms with van der Waals surface area (Å²) in [7, 11) is 0. The van der Waals surface area contributed by atoms with Crippen LogP contribution in [0.3, 0.4) is 0 Å². The predicted molar refractivity (Wildman–Crippen MR) is 71.0 cm³/mol. The van der Waals surface area contributed by atoms with Crippen molar-refractivity contribution in [3.05, 3.63) is 32.8 Å². The summed E-state index contributed by atoms with van der Waals surface area (Å²) in [5, 5.41) is 1.13. The van der Waals surface area contributed by atoms with E-state index in [1.807, 2.05) is 0 Å². The quantitative estimate of drug-likeness (QED) is 0.608. The molecule has 0 radical (unpaired) electrons. The summed E-state index contributed by atoms with van der Waals surface area (Å²) in [5.41, 5.74) is 0.793. The van der Waals surface area contributed by atoms with Crippen molar-refractivity contribution < 1.29 is 9.53 Å². The van der Waals surface area contributed by atoms with Gasteiger partial charge in [0.1, 0.15) is 0 Å². The van der Waals surface area contributed by atoms with E-state index in [1.54, 1.807) is 26.0 Å². The highest BCUT2D eigenvalue weighted by atomic mass is 35.5. The van der Waals surface area contributed by atoms with Crippen LogP contribution < -0.4 is 0 Å². The van der Waals surface area contributed by atoms with E-state index in [0.29, 0.717) is 28.1 Å². The molecule has 0 aliphatic rings. The van der Waals surface area contributed by atoms with Crippen molar-refractivity contribution in [2.24, 2.45) is 5.92 Å². The van der Waals surface area contributed by atoms with E-state index in [-0.39, 0.29) is 11.9 Å². The molecule has 0 fully saturated rings. The molecular formula is C12H13Cl3O2. The van der Waals surface area contributed by atoms with Crippen LogP contribution in [0.4, 0.5) is 0 Å². The number of rotatable bonds is 4. The topological polar surface area (TPSA) is 26.3 Å². The van der Waals surface area contributed by atoms with Crippen LogP contribution in [0.5, 0.6) is 0 Å². The van der Waals surface area contributed by atoms with Gasteiger partial charge in [-0.05, 0) is 25.0 Å². The Balaban J connectivity index is 2.82. The monoisotopic (exact) mass is 294 g/mol. The van der Waals surface area contributed by atoms with Crippen LogP contribution in [0.15, 0.2) is 12.1 Å². The van der Waals surface area contributed by atoms with Gasteiger partial charge in [-0.25, -0.2) is 0 Å². The lowest BCUT2D eigenvalue weighted by molar-refractivity contribution is -0.147. The minimum atomic E-state index is -0.260. The molecule has 0 aliphatic heterocycles. The summed E-state index contributed by atoms with van der Waals surface area (Å²) in [5.74, 6) is -0.501. The fourth-order valence-electron chi connectivity index (χ4n) is 1.42. The van der Waals surface area contributed by atoms with Gasteiger partial charge in [-0.3, -0.25) is 4.79 Å². The van der Waals surface area contributed by atoms with E-state index < -0.39 is 0 Å². The van der Waals surface area contributed by atoms with Gasteiger partial charge in [-0.15, -0.1) is 0 Å². The van der Waals surface area contributed by atoms with Gasteiger partial charge in [0.15, 0.2) is 0 Å². The first-order chi connectivity index (χ1) is 7.97.